The molecule has 1 saturated heterocycles. The number of rotatable bonds is 9. The molecule has 11 nitrogen and oxygen atoms in total. The van der Waals surface area contributed by atoms with Crippen LogP contribution in [0, 0.1) is 17.3 Å². The Morgan fingerprint density at radius 3 is 1.44 bits per heavy atom. The number of amides is 2. The normalized spacial score (nSPS) is 18.1. The molecule has 2 aromatic carbocycles. The van der Waals surface area contributed by atoms with Gasteiger partial charge in [0.2, 0.25) is 0 Å². The maximum Gasteiger partial charge on any atom is 0.268 e. The van der Waals surface area contributed by atoms with Gasteiger partial charge in [-0.25, -0.2) is 36.2 Å². The van der Waals surface area contributed by atoms with E-state index in [-0.39, 0.29) is 44.2 Å². The monoisotopic (exact) mass is 1010 g/mol. The molecule has 4 aromatic rings. The number of pyridine rings is 2. The summed E-state index contributed by atoms with van der Waals surface area (Å²) in [5.41, 5.74) is 0.657. The van der Waals surface area contributed by atoms with Crippen molar-refractivity contribution < 1.29 is 26.4 Å². The van der Waals surface area contributed by atoms with Crippen molar-refractivity contribution in [3.8, 4) is 0 Å². The van der Waals surface area contributed by atoms with E-state index in [1.54, 1.807) is 42.5 Å². The van der Waals surface area contributed by atoms with Crippen LogP contribution in [0.5, 0.6) is 0 Å². The van der Waals surface area contributed by atoms with Gasteiger partial charge >= 0.3 is 0 Å². The standard InChI is InChI=1S/C22H30ClN3O3SSi.C15H16Cl2N2O3SSi.C8H16.CH4/c1-15-13-22(2,3)26(14-15)20-17(12-18(19(23)24-20)31(4,5)6)21(27)25-30(28,29)16-10-8-7-9-11-16;1-24(2,3)12-9-11(13(16)18-14(12)17)15(20)19-23(21,22)10-7-5-4-6-8-10;1-7-4-5-8(2,3)6-7;/h7-12,15H,13-14H2,1-6H3,(H,25,27);4-9H,1-3H3,(H,19,20);7H,4-6H2,1-3H3;1H4/t15-;;7-;/m0.1./s1. The third kappa shape index (κ3) is 14.3. The Kier molecular flexibility index (Phi) is 18.1. The number of nitrogens with one attached hydrogen (secondary N) is 2. The van der Waals surface area contributed by atoms with Gasteiger partial charge in [-0.15, -0.1) is 0 Å². The zero-order chi connectivity index (χ0) is 47.5. The van der Waals surface area contributed by atoms with Crippen LogP contribution >= 0.6 is 34.8 Å². The van der Waals surface area contributed by atoms with Gasteiger partial charge in [0.15, 0.2) is 0 Å². The molecule has 1 aliphatic carbocycles. The number of carbonyl (C=O) groups excluding carboxylic acids is 2. The van der Waals surface area contributed by atoms with E-state index < -0.39 is 48.0 Å². The first-order chi connectivity index (χ1) is 28.8. The molecule has 0 spiro atoms. The number of carbonyl (C=O) groups is 2. The molecule has 2 atom stereocenters. The fourth-order valence-electron chi connectivity index (χ4n) is 7.95. The molecule has 6 rings (SSSR count). The maximum atomic E-state index is 13.3. The van der Waals surface area contributed by atoms with E-state index in [0.717, 1.165) is 22.7 Å². The largest absolute Gasteiger partial charge is 0.351 e. The van der Waals surface area contributed by atoms with Gasteiger partial charge < -0.3 is 4.90 Å². The molecule has 0 radical (unpaired) electrons. The molecular formula is C46H66Cl3N5O6S2Si2. The highest BCUT2D eigenvalue weighted by atomic mass is 35.5. The third-order valence-electron chi connectivity index (χ3n) is 11.1. The molecule has 0 bridgehead atoms. The van der Waals surface area contributed by atoms with Crippen LogP contribution in [0.1, 0.15) is 95.4 Å². The van der Waals surface area contributed by atoms with E-state index >= 15 is 0 Å². The van der Waals surface area contributed by atoms with Gasteiger partial charge in [0, 0.05) is 12.1 Å². The Morgan fingerprint density at radius 1 is 0.656 bits per heavy atom. The average Bonchev–Trinajstić information content (AvgIpc) is 3.63. The van der Waals surface area contributed by atoms with Crippen LogP contribution in [0.3, 0.4) is 0 Å². The van der Waals surface area contributed by atoms with Gasteiger partial charge in [-0.1, -0.05) is 152 Å². The molecule has 2 aliphatic rings. The fourth-order valence-corrected chi connectivity index (χ4v) is 14.7. The summed E-state index contributed by atoms with van der Waals surface area (Å²) in [4.78, 5) is 36.4. The van der Waals surface area contributed by atoms with Gasteiger partial charge in [0.25, 0.3) is 31.9 Å². The highest BCUT2D eigenvalue weighted by Gasteiger charge is 2.40. The van der Waals surface area contributed by atoms with Crippen molar-refractivity contribution in [2.24, 2.45) is 17.3 Å². The lowest BCUT2D eigenvalue weighted by molar-refractivity contribution is 0.0972. The Balaban J connectivity index is 0.000000292. The molecule has 2 aromatic heterocycles. The van der Waals surface area contributed by atoms with Gasteiger partial charge in [-0.2, -0.15) is 0 Å². The second-order valence-electron chi connectivity index (χ2n) is 20.1. The molecular weight excluding hydrogens is 945 g/mol. The molecule has 2 amide bonds. The minimum Gasteiger partial charge on any atom is -0.351 e. The van der Waals surface area contributed by atoms with Crippen LogP contribution in [0.25, 0.3) is 0 Å². The highest BCUT2D eigenvalue weighted by molar-refractivity contribution is 7.90. The molecule has 2 fully saturated rings. The topological polar surface area (TPSA) is 156 Å². The van der Waals surface area contributed by atoms with Gasteiger partial charge in [0.1, 0.15) is 21.3 Å². The predicted octanol–water partition coefficient (Wildman–Crippen LogP) is 10.5. The van der Waals surface area contributed by atoms with Crippen LogP contribution in [0.4, 0.5) is 5.82 Å². The molecule has 18 heteroatoms. The number of aromatic nitrogens is 2. The van der Waals surface area contributed by atoms with Crippen LogP contribution in [-0.2, 0) is 20.0 Å². The number of sulfonamides is 2. The first-order valence-corrected chi connectivity index (χ1v) is 32.0. The van der Waals surface area contributed by atoms with E-state index in [0.29, 0.717) is 28.8 Å². The number of halogens is 3. The van der Waals surface area contributed by atoms with Gasteiger partial charge in [-0.3, -0.25) is 9.59 Å². The van der Waals surface area contributed by atoms with E-state index in [9.17, 15) is 26.4 Å². The zero-order valence-electron chi connectivity index (χ0n) is 38.4. The summed E-state index contributed by atoms with van der Waals surface area (Å²) in [6.45, 7) is 26.6. The molecule has 2 N–H and O–H groups in total. The lowest BCUT2D eigenvalue weighted by Crippen LogP contribution is -2.44. The Morgan fingerprint density at radius 2 is 1.08 bits per heavy atom. The lowest BCUT2D eigenvalue weighted by atomic mass is 9.91. The summed E-state index contributed by atoms with van der Waals surface area (Å²) in [5.74, 6) is 0.300. The van der Waals surface area contributed by atoms with Gasteiger partial charge in [-0.05, 0) is 97.1 Å². The molecule has 64 heavy (non-hydrogen) atoms. The Labute approximate surface area is 399 Å². The van der Waals surface area contributed by atoms with Crippen molar-refractivity contribution in [3.05, 3.63) is 99.4 Å². The fraction of sp³-hybridized carbons (Fsp3) is 0.478. The van der Waals surface area contributed by atoms with Crippen molar-refractivity contribution >= 4 is 99.0 Å². The first kappa shape index (κ1) is 55.0. The van der Waals surface area contributed by atoms with Crippen molar-refractivity contribution in [3.63, 3.8) is 0 Å². The van der Waals surface area contributed by atoms with Crippen molar-refractivity contribution in [1.29, 1.82) is 0 Å². The molecule has 1 saturated carbocycles. The van der Waals surface area contributed by atoms with E-state index in [1.807, 2.05) is 24.4 Å². The highest BCUT2D eigenvalue weighted by Crippen LogP contribution is 2.40. The molecule has 1 aliphatic heterocycles. The predicted molar refractivity (Wildman–Crippen MR) is 270 cm³/mol. The van der Waals surface area contributed by atoms with Crippen LogP contribution < -0.4 is 24.7 Å². The zero-order valence-corrected chi connectivity index (χ0v) is 44.3. The number of nitrogens with zero attached hydrogens (tertiary/aromatic N) is 3. The lowest BCUT2D eigenvalue weighted by Gasteiger charge is -2.34. The minimum atomic E-state index is -4.01. The smallest absolute Gasteiger partial charge is 0.268 e. The number of hydrogen-bond acceptors (Lipinski definition) is 9. The quantitative estimate of drug-likeness (QED) is 0.123. The summed E-state index contributed by atoms with van der Waals surface area (Å²) >= 11 is 18.7. The van der Waals surface area contributed by atoms with E-state index in [2.05, 4.69) is 80.8 Å². The number of hydrogen-bond donors (Lipinski definition) is 2. The minimum absolute atomic E-state index is 0. The summed E-state index contributed by atoms with van der Waals surface area (Å²) in [6, 6.07) is 18.7. The van der Waals surface area contributed by atoms with Crippen molar-refractivity contribution in [2.75, 3.05) is 11.4 Å². The summed E-state index contributed by atoms with van der Waals surface area (Å²) in [6.07, 6.45) is 5.26. The summed E-state index contributed by atoms with van der Waals surface area (Å²) < 4.78 is 54.4. The summed E-state index contributed by atoms with van der Waals surface area (Å²) in [7, 11) is -11.8. The molecule has 0 unspecified atom stereocenters. The molecule has 352 valence electrons. The van der Waals surface area contributed by atoms with Crippen LogP contribution in [0.2, 0.25) is 54.7 Å². The van der Waals surface area contributed by atoms with Crippen LogP contribution in [0.15, 0.2) is 82.6 Å². The third-order valence-corrected chi connectivity index (χ3v) is 19.0. The van der Waals surface area contributed by atoms with Crippen LogP contribution in [-0.4, -0.2) is 66.8 Å². The van der Waals surface area contributed by atoms with Crippen molar-refractivity contribution in [1.82, 2.24) is 19.4 Å². The molecule has 3 heterocycles. The average molecular weight is 1010 g/mol. The van der Waals surface area contributed by atoms with E-state index in [1.165, 1.54) is 49.6 Å². The maximum absolute atomic E-state index is 13.3. The summed E-state index contributed by atoms with van der Waals surface area (Å²) in [5, 5.41) is 2.04. The van der Waals surface area contributed by atoms with E-state index in [4.69, 9.17) is 34.8 Å². The number of anilines is 1. The second kappa shape index (κ2) is 21.1. The Hall–Kier alpha value is -3.32. The Bertz CT molecular complexity index is 2520. The second-order valence-corrected chi connectivity index (χ2v) is 34.6. The first-order valence-electron chi connectivity index (χ1n) is 20.9. The van der Waals surface area contributed by atoms with Crippen molar-refractivity contribution in [2.45, 2.75) is 129 Å². The number of benzene rings is 2. The van der Waals surface area contributed by atoms with Gasteiger partial charge in [0.05, 0.1) is 37.1 Å². The SMILES string of the molecule is C.C[C@@H]1CCC(C)(C)C1.C[C@@H]1CN(c2nc(Cl)c([Si](C)(C)C)cc2C(=O)NS(=O)(=O)c2ccccc2)C(C)(C)C1.C[Si](C)(C)c1cc(C(=O)NS(=O)(=O)c2ccccc2)c(Cl)nc1Cl.